The molecule has 0 saturated carbocycles. The highest BCUT2D eigenvalue weighted by Crippen LogP contribution is 2.44. The molecule has 8 nitrogen and oxygen atoms in total. The second-order valence-corrected chi connectivity index (χ2v) is 7.44. The normalized spacial score (nSPS) is 12.4. The van der Waals surface area contributed by atoms with Gasteiger partial charge in [-0.3, -0.25) is 10.1 Å². The van der Waals surface area contributed by atoms with Gasteiger partial charge in [0.05, 0.1) is 4.92 Å². The topological polar surface area (TPSA) is 120 Å². The predicted molar refractivity (Wildman–Crippen MR) is 122 cm³/mol. The maximum atomic E-state index is 12.2. The Bertz CT molecular complexity index is 1180. The predicted octanol–water partition coefficient (Wildman–Crippen LogP) is 4.43. The van der Waals surface area contributed by atoms with Crippen LogP contribution < -0.4 is 11.1 Å². The van der Waals surface area contributed by atoms with E-state index in [-0.39, 0.29) is 30.6 Å². The van der Waals surface area contributed by atoms with Crippen molar-refractivity contribution in [2.45, 2.75) is 12.8 Å². The fraction of sp³-hybridized carbons (Fsp3) is 0.167. The first-order valence-electron chi connectivity index (χ1n) is 10.1. The van der Waals surface area contributed by atoms with Crippen molar-refractivity contribution in [1.29, 1.82) is 0 Å². The number of hydrogen-bond donors (Lipinski definition) is 2. The average Bonchev–Trinajstić information content (AvgIpc) is 3.10. The van der Waals surface area contributed by atoms with Crippen LogP contribution in [0.2, 0.25) is 0 Å². The number of nitrogen functional groups attached to an aromatic ring is 1. The van der Waals surface area contributed by atoms with Gasteiger partial charge < -0.3 is 15.8 Å². The number of nitrogens with one attached hydrogen (secondary N) is 1. The molecule has 8 heteroatoms. The van der Waals surface area contributed by atoms with E-state index in [4.69, 9.17) is 10.5 Å². The first kappa shape index (κ1) is 21.0. The van der Waals surface area contributed by atoms with Gasteiger partial charge in [0.15, 0.2) is 0 Å². The van der Waals surface area contributed by atoms with Crippen molar-refractivity contribution in [3.05, 3.63) is 93.2 Å². The first-order chi connectivity index (χ1) is 15.5. The van der Waals surface area contributed by atoms with Gasteiger partial charge >= 0.3 is 11.8 Å². The Balaban J connectivity index is 1.35. The van der Waals surface area contributed by atoms with Gasteiger partial charge in [0.1, 0.15) is 6.61 Å². The number of alkyl carbamates (subject to hydrolysis) is 1. The number of fused-ring (bicyclic) bond motifs is 3. The molecule has 4 rings (SSSR count). The fourth-order valence-corrected chi connectivity index (χ4v) is 4.00. The third kappa shape index (κ3) is 4.02. The molecule has 162 valence electrons. The molecular weight excluding hydrogens is 408 g/mol. The summed E-state index contributed by atoms with van der Waals surface area (Å²) in [6.07, 6.45) is 4.25. The molecule has 32 heavy (non-hydrogen) atoms. The number of nitrogens with zero attached hydrogens (tertiary/aromatic N) is 2. The van der Waals surface area contributed by atoms with Crippen molar-refractivity contribution in [2.75, 3.05) is 18.9 Å². The highest BCUT2D eigenvalue weighted by Gasteiger charge is 2.28. The van der Waals surface area contributed by atoms with Crippen LogP contribution in [-0.4, -0.2) is 29.2 Å². The number of carbonyl (C=O) groups excluding carboxylic acids is 1. The minimum Gasteiger partial charge on any atom is -0.449 e. The van der Waals surface area contributed by atoms with Gasteiger partial charge in [-0.25, -0.2) is 9.78 Å². The average molecular weight is 430 g/mol. The van der Waals surface area contributed by atoms with E-state index < -0.39 is 11.0 Å². The molecule has 0 bridgehead atoms. The van der Waals surface area contributed by atoms with E-state index in [2.05, 4.69) is 34.6 Å². The SMILES string of the molecule is Cc1c(C=CCNC(=O)OCC2c3ccccc3-c3ccccc32)cnc(N)c1[N+](=O)[O-]. The van der Waals surface area contributed by atoms with Crippen LogP contribution in [0.1, 0.15) is 28.2 Å². The Morgan fingerprint density at radius 1 is 1.19 bits per heavy atom. The summed E-state index contributed by atoms with van der Waals surface area (Å²) in [5.74, 6) is -0.130. The van der Waals surface area contributed by atoms with Crippen LogP contribution in [-0.2, 0) is 4.74 Å². The summed E-state index contributed by atoms with van der Waals surface area (Å²) in [6, 6.07) is 16.3. The molecule has 1 aliphatic carbocycles. The number of anilines is 1. The Kier molecular flexibility index (Phi) is 5.85. The fourth-order valence-electron chi connectivity index (χ4n) is 4.00. The van der Waals surface area contributed by atoms with Gasteiger partial charge in [0.25, 0.3) is 0 Å². The summed E-state index contributed by atoms with van der Waals surface area (Å²) < 4.78 is 5.48. The molecule has 1 heterocycles. The molecule has 1 amide bonds. The number of carbonyl (C=O) groups is 1. The molecule has 0 aliphatic heterocycles. The van der Waals surface area contributed by atoms with Crippen molar-refractivity contribution < 1.29 is 14.5 Å². The molecule has 1 aliphatic rings. The number of aromatic nitrogens is 1. The second-order valence-electron chi connectivity index (χ2n) is 7.44. The molecule has 0 atom stereocenters. The number of nitro groups is 1. The van der Waals surface area contributed by atoms with Crippen LogP contribution in [0.4, 0.5) is 16.3 Å². The number of benzene rings is 2. The zero-order chi connectivity index (χ0) is 22.7. The molecule has 0 fully saturated rings. The lowest BCUT2D eigenvalue weighted by Crippen LogP contribution is -2.26. The van der Waals surface area contributed by atoms with E-state index in [0.29, 0.717) is 11.1 Å². The number of pyridine rings is 1. The summed E-state index contributed by atoms with van der Waals surface area (Å²) in [4.78, 5) is 26.6. The highest BCUT2D eigenvalue weighted by molar-refractivity contribution is 5.79. The van der Waals surface area contributed by atoms with Crippen LogP contribution in [0.5, 0.6) is 0 Å². The van der Waals surface area contributed by atoms with Crippen LogP contribution in [0.15, 0.2) is 60.8 Å². The van der Waals surface area contributed by atoms with Crippen LogP contribution in [0.3, 0.4) is 0 Å². The van der Waals surface area contributed by atoms with E-state index in [1.807, 2.05) is 24.3 Å². The Morgan fingerprint density at radius 2 is 1.81 bits per heavy atom. The van der Waals surface area contributed by atoms with Gasteiger partial charge in [-0.15, -0.1) is 0 Å². The van der Waals surface area contributed by atoms with E-state index in [1.165, 1.54) is 17.3 Å². The summed E-state index contributed by atoms with van der Waals surface area (Å²) in [5, 5.41) is 13.8. The van der Waals surface area contributed by atoms with Gasteiger partial charge in [-0.2, -0.15) is 0 Å². The van der Waals surface area contributed by atoms with Gasteiger partial charge in [0.2, 0.25) is 5.82 Å². The summed E-state index contributed by atoms with van der Waals surface area (Å²) in [6.45, 7) is 2.04. The van der Waals surface area contributed by atoms with Crippen molar-refractivity contribution in [2.24, 2.45) is 0 Å². The minimum atomic E-state index is -0.552. The van der Waals surface area contributed by atoms with Crippen molar-refractivity contribution >= 4 is 23.7 Å². The zero-order valence-corrected chi connectivity index (χ0v) is 17.4. The molecule has 3 N–H and O–H groups in total. The maximum absolute atomic E-state index is 12.2. The maximum Gasteiger partial charge on any atom is 0.407 e. The third-order valence-corrected chi connectivity index (χ3v) is 5.56. The Hall–Kier alpha value is -4.20. The van der Waals surface area contributed by atoms with Gasteiger partial charge in [0, 0.05) is 29.8 Å². The van der Waals surface area contributed by atoms with E-state index in [1.54, 1.807) is 19.1 Å². The van der Waals surface area contributed by atoms with Crippen molar-refractivity contribution in [1.82, 2.24) is 10.3 Å². The van der Waals surface area contributed by atoms with Crippen LogP contribution in [0.25, 0.3) is 17.2 Å². The molecular formula is C24H22N4O4. The van der Waals surface area contributed by atoms with Crippen molar-refractivity contribution in [3.8, 4) is 11.1 Å². The second kappa shape index (κ2) is 8.89. The quantitative estimate of drug-likeness (QED) is 0.441. The first-order valence-corrected chi connectivity index (χ1v) is 10.1. The molecule has 1 aromatic heterocycles. The number of ether oxygens (including phenoxy) is 1. The Morgan fingerprint density at radius 3 is 2.44 bits per heavy atom. The van der Waals surface area contributed by atoms with Crippen LogP contribution >= 0.6 is 0 Å². The van der Waals surface area contributed by atoms with Crippen LogP contribution in [0, 0.1) is 17.0 Å². The summed E-state index contributed by atoms with van der Waals surface area (Å²) in [7, 11) is 0. The summed E-state index contributed by atoms with van der Waals surface area (Å²) in [5.41, 5.74) is 11.0. The molecule has 0 radical (unpaired) electrons. The van der Waals surface area contributed by atoms with E-state index >= 15 is 0 Å². The molecule has 0 saturated heterocycles. The lowest BCUT2D eigenvalue weighted by molar-refractivity contribution is -0.384. The largest absolute Gasteiger partial charge is 0.449 e. The summed E-state index contributed by atoms with van der Waals surface area (Å²) >= 11 is 0. The lowest BCUT2D eigenvalue weighted by Gasteiger charge is -2.14. The highest BCUT2D eigenvalue weighted by atomic mass is 16.6. The van der Waals surface area contributed by atoms with Gasteiger partial charge in [-0.05, 0) is 29.2 Å². The third-order valence-electron chi connectivity index (χ3n) is 5.56. The molecule has 0 unspecified atom stereocenters. The minimum absolute atomic E-state index is 0.00672. The van der Waals surface area contributed by atoms with E-state index in [0.717, 1.165) is 11.1 Å². The van der Waals surface area contributed by atoms with E-state index in [9.17, 15) is 14.9 Å². The lowest BCUT2D eigenvalue weighted by atomic mass is 9.98. The monoisotopic (exact) mass is 430 g/mol. The molecule has 2 aromatic carbocycles. The Labute approximate surface area is 184 Å². The number of hydrogen-bond acceptors (Lipinski definition) is 6. The smallest absolute Gasteiger partial charge is 0.407 e. The number of nitrogens with two attached hydrogens (primary N) is 1. The van der Waals surface area contributed by atoms with Gasteiger partial charge in [-0.1, -0.05) is 60.7 Å². The number of amides is 1. The van der Waals surface area contributed by atoms with Crippen molar-refractivity contribution in [3.63, 3.8) is 0 Å². The molecule has 3 aromatic rings. The molecule has 0 spiro atoms. The zero-order valence-electron chi connectivity index (χ0n) is 17.4. The standard InChI is InChI=1S/C24H22N4O4/c1-15-16(13-27-23(25)22(15)28(30)31)7-6-12-26-24(29)32-14-21-19-10-4-2-8-17(19)18-9-3-5-11-20(18)21/h2-11,13,21H,12,14H2,1H3,(H2,25,27)(H,26,29). The number of rotatable bonds is 6.